The molecule has 0 aliphatic carbocycles. The maximum Gasteiger partial charge on any atom is 0.0615 e. The van der Waals surface area contributed by atoms with E-state index in [1.54, 1.807) is 6.20 Å². The Morgan fingerprint density at radius 1 is 1.56 bits per heavy atom. The summed E-state index contributed by atoms with van der Waals surface area (Å²) in [5.74, 6) is 0. The number of hydrogen-bond donors (Lipinski definition) is 2. The third kappa shape index (κ3) is 2.42. The average molecular weight is 225 g/mol. The van der Waals surface area contributed by atoms with E-state index in [-0.39, 0.29) is 12.1 Å². The molecule has 1 fully saturated rings. The fraction of sp³-hybridized carbons (Fsp3) is 0.727. The lowest BCUT2D eigenvalue weighted by atomic mass is 9.91. The normalized spacial score (nSPS) is 19.9. The van der Waals surface area contributed by atoms with Crippen molar-refractivity contribution in [2.45, 2.75) is 24.9 Å². The maximum atomic E-state index is 9.50. The van der Waals surface area contributed by atoms with Crippen molar-refractivity contribution < 1.29 is 9.84 Å². The summed E-state index contributed by atoms with van der Waals surface area (Å²) in [6, 6.07) is 1.98. The molecular formula is C11H19N3O2. The van der Waals surface area contributed by atoms with Crippen LogP contribution in [0.4, 0.5) is 0 Å². The Balaban J connectivity index is 1.94. The van der Waals surface area contributed by atoms with Crippen LogP contribution < -0.4 is 5.32 Å². The van der Waals surface area contributed by atoms with E-state index in [1.807, 2.05) is 17.8 Å². The Bertz CT molecular complexity index is 332. The second-order valence-corrected chi connectivity index (χ2v) is 4.35. The van der Waals surface area contributed by atoms with Crippen molar-refractivity contribution >= 4 is 0 Å². The number of aliphatic hydroxyl groups is 1. The lowest BCUT2D eigenvalue weighted by Crippen LogP contribution is -2.52. The Hall–Kier alpha value is -0.910. The number of ether oxygens (including phenoxy) is 1. The van der Waals surface area contributed by atoms with E-state index in [0.717, 1.165) is 38.3 Å². The van der Waals surface area contributed by atoms with Crippen LogP contribution in [0.15, 0.2) is 12.3 Å². The molecule has 1 saturated heterocycles. The van der Waals surface area contributed by atoms with Gasteiger partial charge in [-0.15, -0.1) is 0 Å². The Morgan fingerprint density at radius 3 is 2.88 bits per heavy atom. The van der Waals surface area contributed by atoms with Gasteiger partial charge in [-0.25, -0.2) is 0 Å². The minimum absolute atomic E-state index is 0.161. The average Bonchev–Trinajstić information content (AvgIpc) is 2.74. The molecule has 2 N–H and O–H groups in total. The van der Waals surface area contributed by atoms with Crippen LogP contribution >= 0.6 is 0 Å². The Labute approximate surface area is 95.4 Å². The zero-order chi connectivity index (χ0) is 11.4. The third-order valence-electron chi connectivity index (χ3n) is 3.32. The monoisotopic (exact) mass is 225 g/mol. The zero-order valence-electron chi connectivity index (χ0n) is 9.65. The van der Waals surface area contributed by atoms with Gasteiger partial charge in [0.2, 0.25) is 0 Å². The van der Waals surface area contributed by atoms with Crippen LogP contribution in [0.25, 0.3) is 0 Å². The maximum absolute atomic E-state index is 9.50. The molecule has 0 unspecified atom stereocenters. The van der Waals surface area contributed by atoms with E-state index in [1.165, 1.54) is 0 Å². The van der Waals surface area contributed by atoms with Gasteiger partial charge >= 0.3 is 0 Å². The molecule has 0 bridgehead atoms. The van der Waals surface area contributed by atoms with Gasteiger partial charge in [-0.2, -0.15) is 5.10 Å². The molecule has 0 atom stereocenters. The lowest BCUT2D eigenvalue weighted by molar-refractivity contribution is 0.0109. The number of aryl methyl sites for hydroxylation is 1. The summed E-state index contributed by atoms with van der Waals surface area (Å²) >= 11 is 0. The van der Waals surface area contributed by atoms with Gasteiger partial charge in [-0.1, -0.05) is 0 Å². The van der Waals surface area contributed by atoms with Crippen LogP contribution in [0, 0.1) is 0 Å². The first-order valence-electron chi connectivity index (χ1n) is 5.66. The van der Waals surface area contributed by atoms with Gasteiger partial charge in [-0.3, -0.25) is 4.68 Å². The minimum Gasteiger partial charge on any atom is -0.394 e. The molecule has 0 spiro atoms. The fourth-order valence-corrected chi connectivity index (χ4v) is 2.01. The van der Waals surface area contributed by atoms with E-state index in [9.17, 15) is 5.11 Å². The molecule has 90 valence electrons. The fourth-order valence-electron chi connectivity index (χ4n) is 2.01. The van der Waals surface area contributed by atoms with E-state index < -0.39 is 0 Å². The summed E-state index contributed by atoms with van der Waals surface area (Å²) in [5, 5.41) is 17.1. The second-order valence-electron chi connectivity index (χ2n) is 4.35. The van der Waals surface area contributed by atoms with Crippen molar-refractivity contribution in [3.63, 3.8) is 0 Å². The first kappa shape index (κ1) is 11.6. The van der Waals surface area contributed by atoms with Crippen LogP contribution in [-0.2, 0) is 18.3 Å². The van der Waals surface area contributed by atoms with Crippen molar-refractivity contribution in [2.75, 3.05) is 19.8 Å². The largest absolute Gasteiger partial charge is 0.394 e. The molecule has 0 saturated carbocycles. The predicted octanol–water partition coefficient (Wildman–Crippen LogP) is 0.0512. The van der Waals surface area contributed by atoms with Gasteiger partial charge in [0.1, 0.15) is 0 Å². The van der Waals surface area contributed by atoms with Crippen molar-refractivity contribution in [1.82, 2.24) is 15.1 Å². The van der Waals surface area contributed by atoms with Gasteiger partial charge in [-0.05, 0) is 18.9 Å². The van der Waals surface area contributed by atoms with Gasteiger partial charge in [0.25, 0.3) is 0 Å². The number of aromatic nitrogens is 2. The van der Waals surface area contributed by atoms with Crippen LogP contribution in [0.3, 0.4) is 0 Å². The molecule has 5 heteroatoms. The standard InChI is InChI=1S/C11H19N3O2/c1-14-10(2-5-13-14)8-12-11(9-15)3-6-16-7-4-11/h2,5,12,15H,3-4,6-9H2,1H3. The molecule has 1 aromatic rings. The smallest absolute Gasteiger partial charge is 0.0615 e. The first-order valence-corrected chi connectivity index (χ1v) is 5.66. The highest BCUT2D eigenvalue weighted by molar-refractivity contribution is 5.01. The Morgan fingerprint density at radius 2 is 2.31 bits per heavy atom. The number of nitrogens with zero attached hydrogens (tertiary/aromatic N) is 2. The van der Waals surface area contributed by atoms with Crippen molar-refractivity contribution in [2.24, 2.45) is 7.05 Å². The quantitative estimate of drug-likeness (QED) is 0.760. The summed E-state index contributed by atoms with van der Waals surface area (Å²) in [6.07, 6.45) is 3.51. The number of hydrogen-bond acceptors (Lipinski definition) is 4. The van der Waals surface area contributed by atoms with E-state index in [4.69, 9.17) is 4.74 Å². The van der Waals surface area contributed by atoms with Gasteiger partial charge in [0.05, 0.1) is 12.3 Å². The summed E-state index contributed by atoms with van der Waals surface area (Å²) in [6.45, 7) is 2.34. The number of rotatable bonds is 4. The Kier molecular flexibility index (Phi) is 3.58. The van der Waals surface area contributed by atoms with Gasteiger partial charge in [0.15, 0.2) is 0 Å². The highest BCUT2D eigenvalue weighted by Gasteiger charge is 2.31. The van der Waals surface area contributed by atoms with Gasteiger partial charge in [0, 0.05) is 38.5 Å². The van der Waals surface area contributed by atoms with Crippen LogP contribution in [-0.4, -0.2) is 40.2 Å². The van der Waals surface area contributed by atoms with Crippen LogP contribution in [0.1, 0.15) is 18.5 Å². The van der Waals surface area contributed by atoms with Crippen molar-refractivity contribution in [1.29, 1.82) is 0 Å². The highest BCUT2D eigenvalue weighted by atomic mass is 16.5. The molecule has 0 aromatic carbocycles. The molecule has 2 rings (SSSR count). The van der Waals surface area contributed by atoms with Crippen molar-refractivity contribution in [3.05, 3.63) is 18.0 Å². The summed E-state index contributed by atoms with van der Waals surface area (Å²) in [5.41, 5.74) is 0.946. The highest BCUT2D eigenvalue weighted by Crippen LogP contribution is 2.20. The minimum atomic E-state index is -0.178. The van der Waals surface area contributed by atoms with E-state index in [2.05, 4.69) is 10.4 Å². The first-order chi connectivity index (χ1) is 7.76. The van der Waals surface area contributed by atoms with Crippen molar-refractivity contribution in [3.8, 4) is 0 Å². The topological polar surface area (TPSA) is 59.3 Å². The van der Waals surface area contributed by atoms with Crippen LogP contribution in [0.5, 0.6) is 0 Å². The van der Waals surface area contributed by atoms with Crippen LogP contribution in [0.2, 0.25) is 0 Å². The summed E-state index contributed by atoms with van der Waals surface area (Å²) in [4.78, 5) is 0. The molecule has 2 heterocycles. The molecule has 1 aliphatic rings. The predicted molar refractivity (Wildman–Crippen MR) is 59.9 cm³/mol. The molecular weight excluding hydrogens is 206 g/mol. The molecule has 16 heavy (non-hydrogen) atoms. The van der Waals surface area contributed by atoms with E-state index >= 15 is 0 Å². The molecule has 1 aromatic heterocycles. The zero-order valence-corrected chi connectivity index (χ0v) is 9.65. The SMILES string of the molecule is Cn1nccc1CNC1(CO)CCOCC1. The number of aliphatic hydroxyl groups excluding tert-OH is 1. The molecule has 0 amide bonds. The summed E-state index contributed by atoms with van der Waals surface area (Å²) < 4.78 is 7.16. The van der Waals surface area contributed by atoms with Gasteiger partial charge < -0.3 is 15.2 Å². The third-order valence-corrected chi connectivity index (χ3v) is 3.32. The number of nitrogens with one attached hydrogen (secondary N) is 1. The molecule has 0 radical (unpaired) electrons. The molecule has 5 nitrogen and oxygen atoms in total. The van der Waals surface area contributed by atoms with E-state index in [0.29, 0.717) is 0 Å². The summed E-state index contributed by atoms with van der Waals surface area (Å²) in [7, 11) is 1.92. The molecule has 1 aliphatic heterocycles. The second kappa shape index (κ2) is 4.95. The lowest BCUT2D eigenvalue weighted by Gasteiger charge is -2.36.